The summed E-state index contributed by atoms with van der Waals surface area (Å²) in [6.45, 7) is 3.73. The van der Waals surface area contributed by atoms with Crippen molar-refractivity contribution in [2.75, 3.05) is 38.7 Å². The molecule has 2 aromatic carbocycles. The quantitative estimate of drug-likeness (QED) is 0.508. The SMILES string of the molecule is CCOc1ccc2nc(N(CCN(C)C)C(=O)c3cc(Cl)cc(Cl)c3)sc2c1. The number of ether oxygens (including phenoxy) is 1. The molecule has 28 heavy (non-hydrogen) atoms. The molecule has 5 nitrogen and oxygen atoms in total. The predicted octanol–water partition coefficient (Wildman–Crippen LogP) is 5.21. The van der Waals surface area contributed by atoms with Gasteiger partial charge in [0.05, 0.1) is 16.8 Å². The van der Waals surface area contributed by atoms with E-state index in [1.165, 1.54) is 11.3 Å². The van der Waals surface area contributed by atoms with E-state index >= 15 is 0 Å². The van der Waals surface area contributed by atoms with Gasteiger partial charge < -0.3 is 9.64 Å². The van der Waals surface area contributed by atoms with E-state index in [0.717, 1.165) is 16.0 Å². The van der Waals surface area contributed by atoms with Gasteiger partial charge in [-0.15, -0.1) is 0 Å². The zero-order valence-corrected chi connectivity index (χ0v) is 18.2. The second kappa shape index (κ2) is 9.09. The van der Waals surface area contributed by atoms with Gasteiger partial charge >= 0.3 is 0 Å². The number of fused-ring (bicyclic) bond motifs is 1. The number of nitrogens with zero attached hydrogens (tertiary/aromatic N) is 3. The third-order valence-corrected chi connectivity index (χ3v) is 5.49. The van der Waals surface area contributed by atoms with Crippen molar-refractivity contribution in [2.45, 2.75) is 6.92 Å². The number of carbonyl (C=O) groups excluding carboxylic acids is 1. The van der Waals surface area contributed by atoms with E-state index in [1.807, 2.05) is 44.1 Å². The first-order valence-electron chi connectivity index (χ1n) is 8.83. The monoisotopic (exact) mass is 437 g/mol. The topological polar surface area (TPSA) is 45.7 Å². The van der Waals surface area contributed by atoms with Crippen LogP contribution in [0.1, 0.15) is 17.3 Å². The normalized spacial score (nSPS) is 11.2. The molecule has 0 aliphatic heterocycles. The van der Waals surface area contributed by atoms with Crippen molar-refractivity contribution >= 4 is 55.8 Å². The first-order valence-corrected chi connectivity index (χ1v) is 10.4. The number of aromatic nitrogens is 1. The van der Waals surface area contributed by atoms with Crippen LogP contribution in [-0.2, 0) is 0 Å². The molecule has 0 atom stereocenters. The number of amides is 1. The summed E-state index contributed by atoms with van der Waals surface area (Å²) in [5.41, 5.74) is 1.26. The molecule has 0 saturated carbocycles. The summed E-state index contributed by atoms with van der Waals surface area (Å²) in [5.74, 6) is 0.605. The fourth-order valence-corrected chi connectivity index (χ4v) is 4.23. The van der Waals surface area contributed by atoms with Gasteiger partial charge in [0.25, 0.3) is 5.91 Å². The maximum atomic E-state index is 13.2. The summed E-state index contributed by atoms with van der Waals surface area (Å²) in [7, 11) is 3.93. The highest BCUT2D eigenvalue weighted by atomic mass is 35.5. The Morgan fingerprint density at radius 3 is 2.46 bits per heavy atom. The Hall–Kier alpha value is -1.86. The van der Waals surface area contributed by atoms with Crippen LogP contribution in [0.15, 0.2) is 36.4 Å². The molecule has 1 aromatic heterocycles. The van der Waals surface area contributed by atoms with Crippen LogP contribution in [0, 0.1) is 0 Å². The molecule has 1 heterocycles. The Bertz CT molecular complexity index is 970. The lowest BCUT2D eigenvalue weighted by Gasteiger charge is -2.22. The van der Waals surface area contributed by atoms with Crippen molar-refractivity contribution in [3.05, 3.63) is 52.0 Å². The average molecular weight is 438 g/mol. The molecule has 0 spiro atoms. The Morgan fingerprint density at radius 2 is 1.82 bits per heavy atom. The van der Waals surface area contributed by atoms with Crippen LogP contribution in [0.4, 0.5) is 5.13 Å². The van der Waals surface area contributed by atoms with Crippen molar-refractivity contribution in [3.63, 3.8) is 0 Å². The molecular weight excluding hydrogens is 417 g/mol. The van der Waals surface area contributed by atoms with E-state index in [4.69, 9.17) is 27.9 Å². The molecule has 0 fully saturated rings. The van der Waals surface area contributed by atoms with Gasteiger partial charge in [-0.05, 0) is 57.4 Å². The van der Waals surface area contributed by atoms with E-state index in [0.29, 0.717) is 40.4 Å². The Labute approximate surface area is 178 Å². The average Bonchev–Trinajstić information content (AvgIpc) is 3.04. The fraction of sp³-hybridized carbons (Fsp3) is 0.300. The van der Waals surface area contributed by atoms with Crippen molar-refractivity contribution in [1.29, 1.82) is 0 Å². The highest BCUT2D eigenvalue weighted by Crippen LogP contribution is 2.32. The molecule has 3 rings (SSSR count). The molecule has 0 aliphatic carbocycles. The Balaban J connectivity index is 1.99. The molecule has 148 valence electrons. The molecule has 0 N–H and O–H groups in total. The lowest BCUT2D eigenvalue weighted by molar-refractivity contribution is 0.0985. The number of anilines is 1. The third-order valence-electron chi connectivity index (χ3n) is 4.02. The van der Waals surface area contributed by atoms with E-state index in [9.17, 15) is 4.79 Å². The maximum Gasteiger partial charge on any atom is 0.260 e. The lowest BCUT2D eigenvalue weighted by Crippen LogP contribution is -2.36. The number of likely N-dealkylation sites (N-methyl/N-ethyl adjacent to an activating group) is 1. The summed E-state index contributed by atoms with van der Waals surface area (Å²) in [6, 6.07) is 10.6. The largest absolute Gasteiger partial charge is 0.494 e. The standard InChI is InChI=1S/C20H21Cl2N3O2S/c1-4-27-16-5-6-17-18(12-16)28-20(23-17)25(8-7-24(2)3)19(26)13-9-14(21)11-15(22)10-13/h5-6,9-12H,4,7-8H2,1-3H3. The number of benzene rings is 2. The third kappa shape index (κ3) is 4.94. The molecule has 0 saturated heterocycles. The predicted molar refractivity (Wildman–Crippen MR) is 117 cm³/mol. The lowest BCUT2D eigenvalue weighted by atomic mass is 10.2. The van der Waals surface area contributed by atoms with E-state index in [-0.39, 0.29) is 5.91 Å². The number of halogens is 2. The van der Waals surface area contributed by atoms with Gasteiger partial charge in [0.15, 0.2) is 5.13 Å². The minimum atomic E-state index is -0.185. The van der Waals surface area contributed by atoms with Gasteiger partial charge in [0.1, 0.15) is 5.75 Å². The van der Waals surface area contributed by atoms with E-state index in [1.54, 1.807) is 23.1 Å². The number of hydrogen-bond donors (Lipinski definition) is 0. The second-order valence-corrected chi connectivity index (χ2v) is 8.36. The summed E-state index contributed by atoms with van der Waals surface area (Å²) >= 11 is 13.6. The minimum absolute atomic E-state index is 0.185. The Morgan fingerprint density at radius 1 is 1.11 bits per heavy atom. The first kappa shape index (κ1) is 20.9. The number of rotatable bonds is 7. The highest BCUT2D eigenvalue weighted by molar-refractivity contribution is 7.22. The summed E-state index contributed by atoms with van der Waals surface area (Å²) in [6.07, 6.45) is 0. The molecule has 0 unspecified atom stereocenters. The van der Waals surface area contributed by atoms with Crippen molar-refractivity contribution in [3.8, 4) is 5.75 Å². The molecule has 1 amide bonds. The van der Waals surface area contributed by atoms with Crippen molar-refractivity contribution in [2.24, 2.45) is 0 Å². The number of thiazole rings is 1. The van der Waals surface area contributed by atoms with Gasteiger partial charge in [-0.2, -0.15) is 0 Å². The van der Waals surface area contributed by atoms with Crippen LogP contribution < -0.4 is 9.64 Å². The van der Waals surface area contributed by atoms with Crippen LogP contribution in [0.25, 0.3) is 10.2 Å². The molecule has 0 aliphatic rings. The van der Waals surface area contributed by atoms with Gasteiger partial charge in [-0.3, -0.25) is 9.69 Å². The second-order valence-electron chi connectivity index (χ2n) is 6.48. The zero-order valence-electron chi connectivity index (χ0n) is 15.9. The van der Waals surface area contributed by atoms with Crippen LogP contribution in [-0.4, -0.2) is 49.6 Å². The van der Waals surface area contributed by atoms with Crippen molar-refractivity contribution < 1.29 is 9.53 Å². The molecule has 3 aromatic rings. The van der Waals surface area contributed by atoms with Crippen LogP contribution >= 0.6 is 34.5 Å². The Kier molecular flexibility index (Phi) is 6.78. The van der Waals surface area contributed by atoms with Gasteiger partial charge in [-0.25, -0.2) is 4.98 Å². The maximum absolute atomic E-state index is 13.2. The van der Waals surface area contributed by atoms with Gasteiger partial charge in [-0.1, -0.05) is 34.5 Å². The molecule has 0 radical (unpaired) electrons. The summed E-state index contributed by atoms with van der Waals surface area (Å²) in [4.78, 5) is 21.6. The summed E-state index contributed by atoms with van der Waals surface area (Å²) in [5, 5.41) is 1.48. The zero-order chi connectivity index (χ0) is 20.3. The van der Waals surface area contributed by atoms with Crippen molar-refractivity contribution in [1.82, 2.24) is 9.88 Å². The molecule has 0 bridgehead atoms. The first-order chi connectivity index (χ1) is 13.4. The van der Waals surface area contributed by atoms with Gasteiger partial charge in [0.2, 0.25) is 0 Å². The van der Waals surface area contributed by atoms with E-state index < -0.39 is 0 Å². The number of hydrogen-bond acceptors (Lipinski definition) is 5. The van der Waals surface area contributed by atoms with Gasteiger partial charge in [0, 0.05) is 28.7 Å². The number of carbonyl (C=O) groups is 1. The van der Waals surface area contributed by atoms with Crippen LogP contribution in [0.3, 0.4) is 0 Å². The van der Waals surface area contributed by atoms with E-state index in [2.05, 4.69) is 4.98 Å². The van der Waals surface area contributed by atoms with Crippen LogP contribution in [0.5, 0.6) is 5.75 Å². The highest BCUT2D eigenvalue weighted by Gasteiger charge is 2.22. The minimum Gasteiger partial charge on any atom is -0.494 e. The summed E-state index contributed by atoms with van der Waals surface area (Å²) < 4.78 is 6.53. The van der Waals surface area contributed by atoms with Crippen LogP contribution in [0.2, 0.25) is 10.0 Å². The smallest absolute Gasteiger partial charge is 0.260 e. The fourth-order valence-electron chi connectivity index (χ4n) is 2.68. The molecular formula is C20H21Cl2N3O2S. The molecule has 8 heteroatoms.